The second-order valence-electron chi connectivity index (χ2n) is 12.4. The molecule has 0 bridgehead atoms. The number of aliphatic hydroxyl groups is 1. The van der Waals surface area contributed by atoms with E-state index in [0.717, 1.165) is 22.3 Å². The molecule has 0 saturated carbocycles. The molecular formula is C40H46O9. The molecule has 2 aliphatic heterocycles. The van der Waals surface area contributed by atoms with E-state index in [4.69, 9.17) is 37.9 Å². The van der Waals surface area contributed by atoms with Gasteiger partial charge in [-0.15, -0.1) is 0 Å². The molecule has 260 valence electrons. The average molecular weight is 671 g/mol. The molecule has 2 saturated heterocycles. The van der Waals surface area contributed by atoms with Crippen LogP contribution in [0.5, 0.6) is 0 Å². The maximum Gasteiger partial charge on any atom is 0.187 e. The van der Waals surface area contributed by atoms with Gasteiger partial charge in [0.25, 0.3) is 0 Å². The van der Waals surface area contributed by atoms with E-state index in [-0.39, 0.29) is 6.61 Å². The van der Waals surface area contributed by atoms with Crippen LogP contribution in [0.3, 0.4) is 0 Å². The number of hydrogen-bond donors (Lipinski definition) is 1. The number of aliphatic hydroxyl groups excluding tert-OH is 1. The molecule has 0 aliphatic carbocycles. The van der Waals surface area contributed by atoms with Crippen LogP contribution in [0, 0.1) is 0 Å². The molecule has 0 amide bonds. The Morgan fingerprint density at radius 1 is 0.531 bits per heavy atom. The van der Waals surface area contributed by atoms with Gasteiger partial charge in [-0.25, -0.2) is 0 Å². The molecule has 49 heavy (non-hydrogen) atoms. The van der Waals surface area contributed by atoms with Crippen LogP contribution in [0.4, 0.5) is 0 Å². The SMILES string of the molecule is CO[C@@H]1O[C@@H](C)[C@H](OCc2ccccc2)[C@@H](O[C@@H]2O[C@H](COCc3ccccc3)[C@@H](OCc3ccccc3)[C@H]2O)[C@H]1OCc1ccccc1. The highest BCUT2D eigenvalue weighted by atomic mass is 16.8. The topological polar surface area (TPSA) is 94.1 Å². The lowest BCUT2D eigenvalue weighted by atomic mass is 9.98. The first-order valence-electron chi connectivity index (χ1n) is 16.8. The first kappa shape index (κ1) is 35.3. The molecular weight excluding hydrogens is 624 g/mol. The van der Waals surface area contributed by atoms with Gasteiger partial charge in [-0.05, 0) is 29.2 Å². The summed E-state index contributed by atoms with van der Waals surface area (Å²) in [4.78, 5) is 0. The van der Waals surface area contributed by atoms with Crippen molar-refractivity contribution in [2.75, 3.05) is 13.7 Å². The molecule has 6 rings (SSSR count). The van der Waals surface area contributed by atoms with Crippen molar-refractivity contribution in [3.8, 4) is 0 Å². The van der Waals surface area contributed by atoms with Gasteiger partial charge in [0, 0.05) is 7.11 Å². The van der Waals surface area contributed by atoms with Crippen molar-refractivity contribution in [1.82, 2.24) is 0 Å². The fourth-order valence-electron chi connectivity index (χ4n) is 6.20. The summed E-state index contributed by atoms with van der Waals surface area (Å²) >= 11 is 0. The van der Waals surface area contributed by atoms with Crippen molar-refractivity contribution in [2.45, 2.75) is 88.7 Å². The molecule has 2 heterocycles. The summed E-state index contributed by atoms with van der Waals surface area (Å²) in [5.41, 5.74) is 4.01. The van der Waals surface area contributed by atoms with Crippen LogP contribution in [0.1, 0.15) is 29.2 Å². The predicted octanol–water partition coefficient (Wildman–Crippen LogP) is 5.82. The highest BCUT2D eigenvalue weighted by Gasteiger charge is 2.52. The third kappa shape index (κ3) is 9.61. The minimum atomic E-state index is -1.13. The van der Waals surface area contributed by atoms with E-state index in [1.165, 1.54) is 0 Å². The molecule has 0 spiro atoms. The summed E-state index contributed by atoms with van der Waals surface area (Å²) in [7, 11) is 1.58. The summed E-state index contributed by atoms with van der Waals surface area (Å²) in [6, 6.07) is 39.5. The maximum absolute atomic E-state index is 11.7. The van der Waals surface area contributed by atoms with E-state index in [0.29, 0.717) is 26.4 Å². The van der Waals surface area contributed by atoms with E-state index < -0.39 is 55.3 Å². The van der Waals surface area contributed by atoms with E-state index in [2.05, 4.69) is 0 Å². The lowest BCUT2D eigenvalue weighted by Crippen LogP contribution is -2.61. The average Bonchev–Trinajstić information content (AvgIpc) is 3.44. The van der Waals surface area contributed by atoms with Crippen LogP contribution in [0.2, 0.25) is 0 Å². The summed E-state index contributed by atoms with van der Waals surface area (Å²) in [5, 5.41) is 11.7. The molecule has 0 radical (unpaired) electrons. The van der Waals surface area contributed by atoms with Gasteiger partial charge in [-0.1, -0.05) is 121 Å². The number of methoxy groups -OCH3 is 1. The second kappa shape index (κ2) is 18.0. The first-order chi connectivity index (χ1) is 24.1. The predicted molar refractivity (Wildman–Crippen MR) is 182 cm³/mol. The van der Waals surface area contributed by atoms with Gasteiger partial charge in [0.2, 0.25) is 0 Å². The minimum Gasteiger partial charge on any atom is -0.385 e. The van der Waals surface area contributed by atoms with Crippen LogP contribution in [-0.2, 0) is 64.3 Å². The number of hydrogen-bond acceptors (Lipinski definition) is 9. The lowest BCUT2D eigenvalue weighted by Gasteiger charge is -2.45. The largest absolute Gasteiger partial charge is 0.385 e. The monoisotopic (exact) mass is 670 g/mol. The number of ether oxygens (including phenoxy) is 8. The van der Waals surface area contributed by atoms with E-state index in [1.54, 1.807) is 7.11 Å². The highest BCUT2D eigenvalue weighted by Crippen LogP contribution is 2.34. The molecule has 2 aliphatic rings. The lowest BCUT2D eigenvalue weighted by molar-refractivity contribution is -0.336. The van der Waals surface area contributed by atoms with Gasteiger partial charge in [-0.2, -0.15) is 0 Å². The Kier molecular flexibility index (Phi) is 13.0. The molecule has 2 fully saturated rings. The Hall–Kier alpha value is -3.48. The molecule has 4 aromatic rings. The Labute approximate surface area is 288 Å². The summed E-state index contributed by atoms with van der Waals surface area (Å²) in [6.07, 6.45) is -6.73. The van der Waals surface area contributed by atoms with E-state index in [9.17, 15) is 5.11 Å². The molecule has 0 aromatic heterocycles. The zero-order valence-electron chi connectivity index (χ0n) is 28.0. The van der Waals surface area contributed by atoms with E-state index in [1.807, 2.05) is 128 Å². The fraction of sp³-hybridized carbons (Fsp3) is 0.400. The number of benzene rings is 4. The van der Waals surface area contributed by atoms with E-state index >= 15 is 0 Å². The Bertz CT molecular complexity index is 1490. The molecule has 1 N–H and O–H groups in total. The normalized spacial score (nSPS) is 28.4. The summed E-state index contributed by atoms with van der Waals surface area (Å²) in [6.45, 7) is 3.42. The van der Waals surface area contributed by atoms with Gasteiger partial charge in [-0.3, -0.25) is 0 Å². The first-order valence-corrected chi connectivity index (χ1v) is 16.8. The molecule has 0 unspecified atom stereocenters. The summed E-state index contributed by atoms with van der Waals surface area (Å²) in [5.74, 6) is 0. The fourth-order valence-corrected chi connectivity index (χ4v) is 6.20. The van der Waals surface area contributed by atoms with Crippen molar-refractivity contribution >= 4 is 0 Å². The second-order valence-corrected chi connectivity index (χ2v) is 12.4. The Morgan fingerprint density at radius 2 is 0.980 bits per heavy atom. The number of rotatable bonds is 16. The maximum atomic E-state index is 11.7. The third-order valence-corrected chi connectivity index (χ3v) is 8.79. The zero-order valence-corrected chi connectivity index (χ0v) is 28.0. The van der Waals surface area contributed by atoms with Crippen LogP contribution in [0.15, 0.2) is 121 Å². The van der Waals surface area contributed by atoms with Crippen molar-refractivity contribution in [3.05, 3.63) is 144 Å². The standard InChI is InChI=1S/C40H46O9/c1-28-35(44-24-30-17-9-4-10-18-30)37(38(40(42-2)47-28)46-26-32-21-13-6-14-22-32)49-39-34(41)36(45-25-31-19-11-5-12-20-31)33(48-39)27-43-23-29-15-7-3-8-16-29/h3-22,28,33-41H,23-27H2,1-2H3/t28-,33+,34+,35-,36+,37+,38+,39-,40+/m0/s1. The van der Waals surface area contributed by atoms with Crippen LogP contribution in [-0.4, -0.2) is 74.1 Å². The van der Waals surface area contributed by atoms with Crippen molar-refractivity contribution in [1.29, 1.82) is 0 Å². The van der Waals surface area contributed by atoms with Crippen LogP contribution in [0.25, 0.3) is 0 Å². The van der Waals surface area contributed by atoms with Gasteiger partial charge < -0.3 is 43.0 Å². The Morgan fingerprint density at radius 3 is 1.47 bits per heavy atom. The highest BCUT2D eigenvalue weighted by molar-refractivity contribution is 5.16. The zero-order chi connectivity index (χ0) is 33.8. The molecule has 9 heteroatoms. The van der Waals surface area contributed by atoms with Crippen molar-refractivity contribution in [3.63, 3.8) is 0 Å². The van der Waals surface area contributed by atoms with Gasteiger partial charge in [0.1, 0.15) is 36.6 Å². The minimum absolute atomic E-state index is 0.192. The molecule has 9 atom stereocenters. The van der Waals surface area contributed by atoms with Crippen LogP contribution >= 0.6 is 0 Å². The molecule has 4 aromatic carbocycles. The van der Waals surface area contributed by atoms with Crippen LogP contribution < -0.4 is 0 Å². The third-order valence-electron chi connectivity index (χ3n) is 8.79. The Balaban J connectivity index is 1.22. The van der Waals surface area contributed by atoms with Crippen molar-refractivity contribution in [2.24, 2.45) is 0 Å². The van der Waals surface area contributed by atoms with Crippen molar-refractivity contribution < 1.29 is 43.0 Å². The van der Waals surface area contributed by atoms with Gasteiger partial charge >= 0.3 is 0 Å². The molecule has 9 nitrogen and oxygen atoms in total. The smallest absolute Gasteiger partial charge is 0.187 e. The van der Waals surface area contributed by atoms with Gasteiger partial charge in [0.05, 0.1) is 39.1 Å². The summed E-state index contributed by atoms with van der Waals surface area (Å²) < 4.78 is 50.6. The van der Waals surface area contributed by atoms with Gasteiger partial charge in [0.15, 0.2) is 12.6 Å². The quantitative estimate of drug-likeness (QED) is 0.158.